The van der Waals surface area contributed by atoms with Gasteiger partial charge in [-0.3, -0.25) is 29.0 Å². The Morgan fingerprint density at radius 2 is 1.62 bits per heavy atom. The van der Waals surface area contributed by atoms with Gasteiger partial charge in [-0.15, -0.1) is 0 Å². The largest absolute Gasteiger partial charge is 0.416 e. The fraction of sp³-hybridized carbons (Fsp3) is 0.625. The highest BCUT2D eigenvalue weighted by Crippen LogP contribution is 2.37. The van der Waals surface area contributed by atoms with Crippen molar-refractivity contribution in [3.8, 4) is 0 Å². The summed E-state index contributed by atoms with van der Waals surface area (Å²) in [5.74, 6) is -1.30. The second-order valence-electron chi connectivity index (χ2n) is 19.5. The summed E-state index contributed by atoms with van der Waals surface area (Å²) in [5.41, 5.74) is 0.149. The van der Waals surface area contributed by atoms with Crippen LogP contribution < -0.4 is 26.6 Å². The first-order valence-corrected chi connectivity index (χ1v) is 23.8. The Balaban J connectivity index is 0.812. The van der Waals surface area contributed by atoms with Crippen LogP contribution in [0.2, 0.25) is 0 Å². The molecule has 2 aromatic heterocycles. The third kappa shape index (κ3) is 13.0. The minimum atomic E-state index is -4.55. The van der Waals surface area contributed by atoms with E-state index in [4.69, 9.17) is 9.47 Å². The number of benzene rings is 1. The van der Waals surface area contributed by atoms with Crippen molar-refractivity contribution < 1.29 is 46.6 Å². The molecule has 4 fully saturated rings. The van der Waals surface area contributed by atoms with Crippen LogP contribution in [0.25, 0.3) is 10.9 Å². The second kappa shape index (κ2) is 22.3. The summed E-state index contributed by atoms with van der Waals surface area (Å²) in [5, 5.41) is 16.2. The van der Waals surface area contributed by atoms with Gasteiger partial charge in [-0.1, -0.05) is 6.07 Å². The molecule has 1 aromatic carbocycles. The van der Waals surface area contributed by atoms with Crippen molar-refractivity contribution in [1.29, 1.82) is 0 Å². The Bertz CT molecular complexity index is 2240. The van der Waals surface area contributed by atoms with Crippen LogP contribution in [0.4, 0.5) is 19.0 Å². The minimum absolute atomic E-state index is 0.0611. The standard InChI is InChI=1S/C48H65F3N10O7/c1-47(2,3)59-33-12-14-39(61-19-15-37(46(61)66)57-43-34-24-31(48(49,50)51)9-13-36(34)54-28-55-43)38(25-33)58-44(64)29-7-10-32(11-8-29)56-40(62)16-20-67-22-23-68-21-18-53-45(65)35-26-41(63)60(4)42(35)30-6-5-17-52-27-30/h5-6,9,13,17,24,27-29,32-33,35,37-39,42,59H,7-8,10-12,14-16,18-23,25-26H2,1-4H3,(H,53,65)(H,56,62)(H,58,64)(H,54,55,57)/t29?,32?,33-,35+,37+,38-,39+,42-/m1/s1. The highest BCUT2D eigenvalue weighted by molar-refractivity contribution is 5.93. The van der Waals surface area contributed by atoms with Crippen molar-refractivity contribution in [3.05, 3.63) is 60.2 Å². The first-order valence-electron chi connectivity index (χ1n) is 23.8. The van der Waals surface area contributed by atoms with Gasteiger partial charge in [-0.05, 0) is 102 Å². The van der Waals surface area contributed by atoms with E-state index in [1.54, 1.807) is 30.4 Å². The van der Waals surface area contributed by atoms with Crippen LogP contribution in [-0.4, -0.2) is 137 Å². The lowest BCUT2D eigenvalue weighted by molar-refractivity contribution is -0.137. The number of carbonyl (C=O) groups excluding carboxylic acids is 5. The molecule has 4 heterocycles. The highest BCUT2D eigenvalue weighted by atomic mass is 19.4. The quantitative estimate of drug-likeness (QED) is 0.113. The molecule has 2 aliphatic carbocycles. The van der Waals surface area contributed by atoms with Gasteiger partial charge < -0.3 is 45.9 Å². The van der Waals surface area contributed by atoms with Crippen molar-refractivity contribution in [1.82, 2.24) is 46.0 Å². The number of aromatic nitrogens is 3. The Labute approximate surface area is 394 Å². The van der Waals surface area contributed by atoms with Gasteiger partial charge in [0.25, 0.3) is 0 Å². The number of alkyl halides is 3. The van der Waals surface area contributed by atoms with Gasteiger partial charge in [0.2, 0.25) is 29.5 Å². The molecule has 20 heteroatoms. The number of carbonyl (C=O) groups is 5. The number of nitrogens with zero attached hydrogens (tertiary/aromatic N) is 5. The van der Waals surface area contributed by atoms with Crippen molar-refractivity contribution in [2.24, 2.45) is 11.8 Å². The Kier molecular flexibility index (Phi) is 16.5. The monoisotopic (exact) mass is 950 g/mol. The Hall–Kier alpha value is -5.47. The smallest absolute Gasteiger partial charge is 0.379 e. The van der Waals surface area contributed by atoms with E-state index >= 15 is 0 Å². The lowest BCUT2D eigenvalue weighted by atomic mass is 9.82. The van der Waals surface area contributed by atoms with Gasteiger partial charge in [-0.2, -0.15) is 13.2 Å². The zero-order valence-corrected chi connectivity index (χ0v) is 39.3. The molecule has 3 aromatic rings. The fourth-order valence-electron chi connectivity index (χ4n) is 10.2. The Morgan fingerprint density at radius 3 is 2.34 bits per heavy atom. The predicted octanol–water partition coefficient (Wildman–Crippen LogP) is 4.28. The van der Waals surface area contributed by atoms with E-state index in [-0.39, 0.29) is 128 Å². The summed E-state index contributed by atoms with van der Waals surface area (Å²) in [6.07, 6.45) is 5.35. The van der Waals surface area contributed by atoms with Gasteiger partial charge in [0, 0.05) is 74.3 Å². The summed E-state index contributed by atoms with van der Waals surface area (Å²) >= 11 is 0. The van der Waals surface area contributed by atoms with Gasteiger partial charge in [0.1, 0.15) is 18.2 Å². The third-order valence-corrected chi connectivity index (χ3v) is 13.5. The molecule has 0 unspecified atom stereocenters. The van der Waals surface area contributed by atoms with Gasteiger partial charge in [-0.25, -0.2) is 9.97 Å². The number of hydrogen-bond acceptors (Lipinski definition) is 12. The zero-order valence-electron chi connectivity index (χ0n) is 39.3. The van der Waals surface area contributed by atoms with Crippen LogP contribution in [0.1, 0.15) is 102 Å². The number of rotatable bonds is 18. The summed E-state index contributed by atoms with van der Waals surface area (Å²) < 4.78 is 51.9. The average Bonchev–Trinajstić information content (AvgIpc) is 3.81. The number of hydrogen-bond donors (Lipinski definition) is 5. The number of amides is 5. The number of pyridine rings is 1. The van der Waals surface area contributed by atoms with Gasteiger partial charge in [0.05, 0.1) is 61.6 Å². The van der Waals surface area contributed by atoms with E-state index < -0.39 is 23.7 Å². The average molecular weight is 951 g/mol. The molecule has 370 valence electrons. The number of fused-ring (bicyclic) bond motifs is 1. The van der Waals surface area contributed by atoms with E-state index in [0.29, 0.717) is 57.0 Å². The van der Waals surface area contributed by atoms with Crippen LogP contribution in [-0.2, 0) is 39.6 Å². The van der Waals surface area contributed by atoms with E-state index in [9.17, 15) is 37.1 Å². The topological polar surface area (TPSA) is 209 Å². The summed E-state index contributed by atoms with van der Waals surface area (Å²) in [4.78, 5) is 81.9. The maximum absolute atomic E-state index is 14.0. The minimum Gasteiger partial charge on any atom is -0.379 e. The van der Waals surface area contributed by atoms with Gasteiger partial charge >= 0.3 is 6.18 Å². The zero-order chi connectivity index (χ0) is 48.6. The fourth-order valence-corrected chi connectivity index (χ4v) is 10.2. The van der Waals surface area contributed by atoms with Crippen molar-refractivity contribution in [3.63, 3.8) is 0 Å². The number of ether oxygens (including phenoxy) is 2. The van der Waals surface area contributed by atoms with Crippen molar-refractivity contribution in [2.45, 2.75) is 133 Å². The first kappa shape index (κ1) is 50.4. The molecule has 7 rings (SSSR count). The van der Waals surface area contributed by atoms with E-state index in [1.807, 2.05) is 11.0 Å². The van der Waals surface area contributed by atoms with Crippen LogP contribution in [0.15, 0.2) is 49.1 Å². The Morgan fingerprint density at radius 1 is 0.868 bits per heavy atom. The van der Waals surface area contributed by atoms with E-state index in [0.717, 1.165) is 24.1 Å². The van der Waals surface area contributed by atoms with Crippen molar-refractivity contribution in [2.75, 3.05) is 51.9 Å². The number of anilines is 1. The molecular weight excluding hydrogens is 886 g/mol. The maximum atomic E-state index is 14.0. The molecule has 6 atom stereocenters. The number of likely N-dealkylation sites (tertiary alicyclic amines) is 2. The van der Waals surface area contributed by atoms with Crippen LogP contribution in [0, 0.1) is 11.8 Å². The summed E-state index contributed by atoms with van der Waals surface area (Å²) in [6, 6.07) is 5.30. The molecule has 5 amide bonds. The highest BCUT2D eigenvalue weighted by Gasteiger charge is 2.45. The molecule has 0 spiro atoms. The van der Waals surface area contributed by atoms with Crippen molar-refractivity contribution >= 4 is 46.3 Å². The molecule has 4 aliphatic rings. The summed E-state index contributed by atoms with van der Waals surface area (Å²) in [7, 11) is 1.69. The SMILES string of the molecule is CN1C(=O)C[C@H](C(=O)NCCOCCOCCC(=O)NC2CCC(C(=O)N[C@@H]3C[C@H](NC(C)(C)C)CC[C@@H]3N3CC[C@H](Nc4ncnc5ccc(C(F)(F)F)cc45)C3=O)CC2)[C@H]1c1cccnc1. The number of nitrogens with one attached hydrogen (secondary N) is 5. The maximum Gasteiger partial charge on any atom is 0.416 e. The molecule has 2 saturated heterocycles. The summed E-state index contributed by atoms with van der Waals surface area (Å²) in [6.45, 7) is 8.03. The molecular formula is C48H65F3N10O7. The normalized spacial score (nSPS) is 25.7. The number of halogens is 3. The molecule has 0 radical (unpaired) electrons. The second-order valence-corrected chi connectivity index (χ2v) is 19.5. The van der Waals surface area contributed by atoms with Crippen LogP contribution >= 0.6 is 0 Å². The van der Waals surface area contributed by atoms with Crippen LogP contribution in [0.3, 0.4) is 0 Å². The first-order chi connectivity index (χ1) is 32.4. The molecule has 0 bridgehead atoms. The van der Waals surface area contributed by atoms with E-state index in [1.165, 1.54) is 12.4 Å². The third-order valence-electron chi connectivity index (χ3n) is 13.5. The van der Waals surface area contributed by atoms with Crippen LogP contribution in [0.5, 0.6) is 0 Å². The predicted molar refractivity (Wildman–Crippen MR) is 246 cm³/mol. The molecule has 68 heavy (non-hydrogen) atoms. The van der Waals surface area contributed by atoms with Gasteiger partial charge in [0.15, 0.2) is 0 Å². The molecule has 2 aliphatic heterocycles. The lowest BCUT2D eigenvalue weighted by Gasteiger charge is -2.43. The van der Waals surface area contributed by atoms with E-state index in [2.05, 4.69) is 62.3 Å². The molecule has 5 N–H and O–H groups in total. The molecule has 17 nitrogen and oxygen atoms in total. The molecule has 2 saturated carbocycles. The lowest BCUT2D eigenvalue weighted by Crippen LogP contribution is -2.60.